The van der Waals surface area contributed by atoms with Crippen molar-refractivity contribution in [3.8, 4) is 5.75 Å². The number of para-hydroxylation sites is 1. The first-order chi connectivity index (χ1) is 7.25. The van der Waals surface area contributed by atoms with Crippen molar-refractivity contribution in [2.24, 2.45) is 0 Å². The lowest BCUT2D eigenvalue weighted by molar-refractivity contribution is 0.303. The summed E-state index contributed by atoms with van der Waals surface area (Å²) in [4.78, 5) is 4.35. The molecule has 0 radical (unpaired) electrons. The summed E-state index contributed by atoms with van der Waals surface area (Å²) in [6, 6.07) is 8.02. The number of hydrogen-bond acceptors (Lipinski definition) is 3. The average molecular weight is 219 g/mol. The Morgan fingerprint density at radius 1 is 1.27 bits per heavy atom. The fourth-order valence-electron chi connectivity index (χ4n) is 1.33. The third-order valence-electron chi connectivity index (χ3n) is 2.11. The molecule has 1 heterocycles. The molecule has 0 aliphatic carbocycles. The van der Waals surface area contributed by atoms with Gasteiger partial charge in [0.2, 0.25) is 0 Å². The molecule has 2 rings (SSSR count). The lowest BCUT2D eigenvalue weighted by Crippen LogP contribution is -1.96. The van der Waals surface area contributed by atoms with Crippen molar-refractivity contribution in [2.75, 3.05) is 0 Å². The zero-order chi connectivity index (χ0) is 10.7. The smallest absolute Gasteiger partial charge is 0.140 e. The molecule has 2 aromatic rings. The summed E-state index contributed by atoms with van der Waals surface area (Å²) >= 11 is 1.64. The van der Waals surface area contributed by atoms with Gasteiger partial charge in [0, 0.05) is 11.1 Å². The zero-order valence-electron chi connectivity index (χ0n) is 8.86. The maximum absolute atomic E-state index is 5.68. The van der Waals surface area contributed by atoms with E-state index in [1.165, 1.54) is 0 Å². The van der Waals surface area contributed by atoms with Crippen LogP contribution in [0.3, 0.4) is 0 Å². The Labute approximate surface area is 93.6 Å². The molecule has 0 amide bonds. The summed E-state index contributed by atoms with van der Waals surface area (Å²) < 4.78 is 5.68. The van der Waals surface area contributed by atoms with E-state index in [0.717, 1.165) is 22.0 Å². The molecule has 0 unspecified atom stereocenters. The zero-order valence-corrected chi connectivity index (χ0v) is 9.67. The molecule has 1 aromatic heterocycles. The molecule has 3 heteroatoms. The number of aromatic nitrogens is 1. The largest absolute Gasteiger partial charge is 0.486 e. The molecule has 0 N–H and O–H groups in total. The Kier molecular flexibility index (Phi) is 3.02. The Hall–Kier alpha value is -1.35. The molecule has 0 saturated carbocycles. The minimum atomic E-state index is 0.559. The predicted octanol–water partition coefficient (Wildman–Crippen LogP) is 3.34. The van der Waals surface area contributed by atoms with Crippen LogP contribution >= 0.6 is 11.3 Å². The Morgan fingerprint density at radius 3 is 2.73 bits per heavy atom. The quantitative estimate of drug-likeness (QED) is 0.790. The van der Waals surface area contributed by atoms with Gasteiger partial charge in [0.15, 0.2) is 0 Å². The van der Waals surface area contributed by atoms with E-state index in [0.29, 0.717) is 6.61 Å². The number of rotatable bonds is 3. The first-order valence-electron chi connectivity index (χ1n) is 4.85. The molecule has 0 spiro atoms. The highest BCUT2D eigenvalue weighted by Gasteiger charge is 2.01. The number of benzene rings is 1. The van der Waals surface area contributed by atoms with Gasteiger partial charge >= 0.3 is 0 Å². The highest BCUT2D eigenvalue weighted by molar-refractivity contribution is 7.09. The van der Waals surface area contributed by atoms with Gasteiger partial charge in [0.25, 0.3) is 0 Å². The van der Waals surface area contributed by atoms with Gasteiger partial charge in [-0.1, -0.05) is 18.2 Å². The topological polar surface area (TPSA) is 22.1 Å². The van der Waals surface area contributed by atoms with Crippen molar-refractivity contribution < 1.29 is 4.74 Å². The molecular weight excluding hydrogens is 206 g/mol. The molecule has 0 aliphatic rings. The van der Waals surface area contributed by atoms with Gasteiger partial charge in [-0.3, -0.25) is 0 Å². The normalized spacial score (nSPS) is 10.3. The number of ether oxygens (including phenoxy) is 1. The second-order valence-corrected chi connectivity index (χ2v) is 4.38. The van der Waals surface area contributed by atoms with E-state index in [1.807, 2.05) is 43.5 Å². The SMILES string of the molecule is Cc1csc(COc2ccccc2C)n1. The molecule has 0 aliphatic heterocycles. The summed E-state index contributed by atoms with van der Waals surface area (Å²) in [5.41, 5.74) is 2.22. The summed E-state index contributed by atoms with van der Waals surface area (Å²) in [5, 5.41) is 3.06. The van der Waals surface area contributed by atoms with Crippen LogP contribution in [-0.4, -0.2) is 4.98 Å². The van der Waals surface area contributed by atoms with Crippen LogP contribution in [0.5, 0.6) is 5.75 Å². The summed E-state index contributed by atoms with van der Waals surface area (Å²) in [6.45, 7) is 4.60. The van der Waals surface area contributed by atoms with Crippen molar-refractivity contribution in [3.05, 3.63) is 45.9 Å². The second kappa shape index (κ2) is 4.45. The van der Waals surface area contributed by atoms with Gasteiger partial charge in [0.1, 0.15) is 17.4 Å². The van der Waals surface area contributed by atoms with E-state index in [-0.39, 0.29) is 0 Å². The molecule has 0 atom stereocenters. The Balaban J connectivity index is 2.02. The highest BCUT2D eigenvalue weighted by atomic mass is 32.1. The average Bonchev–Trinajstić information content (AvgIpc) is 2.63. The van der Waals surface area contributed by atoms with E-state index < -0.39 is 0 Å². The molecule has 15 heavy (non-hydrogen) atoms. The number of nitrogens with zero attached hydrogens (tertiary/aromatic N) is 1. The van der Waals surface area contributed by atoms with Crippen molar-refractivity contribution in [3.63, 3.8) is 0 Å². The van der Waals surface area contributed by atoms with Crippen LogP contribution in [-0.2, 0) is 6.61 Å². The van der Waals surface area contributed by atoms with Crippen LogP contribution in [0.2, 0.25) is 0 Å². The molecular formula is C12H13NOS. The summed E-state index contributed by atoms with van der Waals surface area (Å²) in [6.07, 6.45) is 0. The standard InChI is InChI=1S/C12H13NOS/c1-9-5-3-4-6-11(9)14-7-12-13-10(2)8-15-12/h3-6,8H,7H2,1-2H3. The highest BCUT2D eigenvalue weighted by Crippen LogP contribution is 2.18. The Morgan fingerprint density at radius 2 is 2.07 bits per heavy atom. The lowest BCUT2D eigenvalue weighted by atomic mass is 10.2. The monoisotopic (exact) mass is 219 g/mol. The van der Waals surface area contributed by atoms with Gasteiger partial charge in [-0.15, -0.1) is 11.3 Å². The van der Waals surface area contributed by atoms with Crippen molar-refractivity contribution in [1.82, 2.24) is 4.98 Å². The fourth-order valence-corrected chi connectivity index (χ4v) is 2.01. The third-order valence-corrected chi connectivity index (χ3v) is 3.05. The van der Waals surface area contributed by atoms with Crippen LogP contribution in [0.25, 0.3) is 0 Å². The third kappa shape index (κ3) is 2.57. The van der Waals surface area contributed by atoms with Crippen LogP contribution in [0, 0.1) is 13.8 Å². The summed E-state index contributed by atoms with van der Waals surface area (Å²) in [7, 11) is 0. The molecule has 2 nitrogen and oxygen atoms in total. The molecule has 0 saturated heterocycles. The van der Waals surface area contributed by atoms with Gasteiger partial charge in [-0.05, 0) is 25.5 Å². The van der Waals surface area contributed by atoms with E-state index in [1.54, 1.807) is 11.3 Å². The van der Waals surface area contributed by atoms with Crippen molar-refractivity contribution in [1.29, 1.82) is 0 Å². The summed E-state index contributed by atoms with van der Waals surface area (Å²) in [5.74, 6) is 0.936. The van der Waals surface area contributed by atoms with Crippen molar-refractivity contribution >= 4 is 11.3 Å². The van der Waals surface area contributed by atoms with E-state index >= 15 is 0 Å². The number of thiazole rings is 1. The van der Waals surface area contributed by atoms with Gasteiger partial charge in [-0.2, -0.15) is 0 Å². The molecule has 1 aromatic carbocycles. The maximum atomic E-state index is 5.68. The first-order valence-corrected chi connectivity index (χ1v) is 5.73. The molecule has 0 fully saturated rings. The lowest BCUT2D eigenvalue weighted by Gasteiger charge is -2.06. The molecule has 78 valence electrons. The van der Waals surface area contributed by atoms with Crippen LogP contribution < -0.4 is 4.74 Å². The van der Waals surface area contributed by atoms with Gasteiger partial charge < -0.3 is 4.74 Å². The second-order valence-electron chi connectivity index (χ2n) is 3.44. The minimum absolute atomic E-state index is 0.559. The van der Waals surface area contributed by atoms with Crippen LogP contribution in [0.15, 0.2) is 29.6 Å². The first kappa shape index (κ1) is 10.2. The van der Waals surface area contributed by atoms with Crippen molar-refractivity contribution in [2.45, 2.75) is 20.5 Å². The van der Waals surface area contributed by atoms with Gasteiger partial charge in [-0.25, -0.2) is 4.98 Å². The van der Waals surface area contributed by atoms with E-state index in [9.17, 15) is 0 Å². The van der Waals surface area contributed by atoms with E-state index in [2.05, 4.69) is 4.98 Å². The predicted molar refractivity (Wildman–Crippen MR) is 62.4 cm³/mol. The van der Waals surface area contributed by atoms with Gasteiger partial charge in [0.05, 0.1) is 0 Å². The van der Waals surface area contributed by atoms with Crippen LogP contribution in [0.1, 0.15) is 16.3 Å². The molecule has 0 bridgehead atoms. The Bertz CT molecular complexity index is 450. The fraction of sp³-hybridized carbons (Fsp3) is 0.250. The minimum Gasteiger partial charge on any atom is -0.486 e. The van der Waals surface area contributed by atoms with E-state index in [4.69, 9.17) is 4.74 Å². The number of hydrogen-bond donors (Lipinski definition) is 0. The maximum Gasteiger partial charge on any atom is 0.140 e. The van der Waals surface area contributed by atoms with Crippen LogP contribution in [0.4, 0.5) is 0 Å². The number of aryl methyl sites for hydroxylation is 2.